The fourth-order valence-electron chi connectivity index (χ4n) is 2.15. The molecule has 1 amide bonds. The van der Waals surface area contributed by atoms with Gasteiger partial charge in [0.05, 0.1) is 10.3 Å². The summed E-state index contributed by atoms with van der Waals surface area (Å²) in [6, 6.07) is 7.48. The molecule has 9 nitrogen and oxygen atoms in total. The average Bonchev–Trinajstić information content (AvgIpc) is 2.97. The van der Waals surface area contributed by atoms with Crippen LogP contribution in [0.1, 0.15) is 5.76 Å². The van der Waals surface area contributed by atoms with Gasteiger partial charge in [-0.1, -0.05) is 5.16 Å². The van der Waals surface area contributed by atoms with Crippen LogP contribution in [0.2, 0.25) is 0 Å². The number of carbonyl (C=O) groups excluding carboxylic acids is 1. The second-order valence-electron chi connectivity index (χ2n) is 4.90. The highest BCUT2D eigenvalue weighted by atomic mass is 16.6. The number of carbonyl (C=O) groups is 1. The van der Waals surface area contributed by atoms with E-state index in [0.29, 0.717) is 16.7 Å². The summed E-state index contributed by atoms with van der Waals surface area (Å²) in [4.78, 5) is 26.5. The van der Waals surface area contributed by atoms with Gasteiger partial charge >= 0.3 is 0 Å². The number of hydrogen-bond acceptors (Lipinski definition) is 7. The van der Waals surface area contributed by atoms with Crippen LogP contribution in [0, 0.1) is 17.0 Å². The van der Waals surface area contributed by atoms with Crippen molar-refractivity contribution in [3.63, 3.8) is 0 Å². The van der Waals surface area contributed by atoms with E-state index in [1.807, 2.05) is 0 Å². The largest absolute Gasteiger partial charge is 0.481 e. The van der Waals surface area contributed by atoms with Crippen molar-refractivity contribution in [1.82, 2.24) is 10.1 Å². The maximum atomic E-state index is 11.9. The number of fused-ring (bicyclic) bond motifs is 1. The zero-order valence-electron chi connectivity index (χ0n) is 12.6. The van der Waals surface area contributed by atoms with E-state index in [0.717, 1.165) is 0 Å². The van der Waals surface area contributed by atoms with Gasteiger partial charge < -0.3 is 14.6 Å². The van der Waals surface area contributed by atoms with Gasteiger partial charge in [0, 0.05) is 18.3 Å². The van der Waals surface area contributed by atoms with E-state index < -0.39 is 10.8 Å². The SMILES string of the molecule is Cc1cc(NC(=O)COc2ccc([N+](=O)[O-])c3cccnc23)no1. The highest BCUT2D eigenvalue weighted by Gasteiger charge is 2.16. The first-order chi connectivity index (χ1) is 11.5. The second kappa shape index (κ2) is 6.32. The molecule has 0 radical (unpaired) electrons. The molecule has 0 saturated heterocycles. The number of benzene rings is 1. The number of nitro groups is 1. The Balaban J connectivity index is 1.77. The van der Waals surface area contributed by atoms with E-state index in [4.69, 9.17) is 9.26 Å². The quantitative estimate of drug-likeness (QED) is 0.564. The predicted octanol–water partition coefficient (Wildman–Crippen LogP) is 2.46. The third-order valence-electron chi connectivity index (χ3n) is 3.16. The number of rotatable bonds is 5. The summed E-state index contributed by atoms with van der Waals surface area (Å²) in [6.07, 6.45) is 1.50. The molecular formula is C15H12N4O5. The number of amides is 1. The van der Waals surface area contributed by atoms with Gasteiger partial charge in [0.25, 0.3) is 11.6 Å². The van der Waals surface area contributed by atoms with Crippen LogP contribution in [-0.4, -0.2) is 27.6 Å². The van der Waals surface area contributed by atoms with Crippen molar-refractivity contribution in [2.24, 2.45) is 0 Å². The number of ether oxygens (including phenoxy) is 1. The van der Waals surface area contributed by atoms with Crippen LogP contribution in [0.5, 0.6) is 5.75 Å². The maximum absolute atomic E-state index is 11.9. The van der Waals surface area contributed by atoms with Gasteiger partial charge in [-0.15, -0.1) is 0 Å². The molecule has 2 heterocycles. The Bertz CT molecular complexity index is 921. The molecule has 0 saturated carbocycles. The Morgan fingerprint density at radius 2 is 2.25 bits per heavy atom. The van der Waals surface area contributed by atoms with Crippen molar-refractivity contribution in [2.75, 3.05) is 11.9 Å². The average molecular weight is 328 g/mol. The van der Waals surface area contributed by atoms with Crippen molar-refractivity contribution in [1.29, 1.82) is 0 Å². The summed E-state index contributed by atoms with van der Waals surface area (Å²) >= 11 is 0. The lowest BCUT2D eigenvalue weighted by atomic mass is 10.1. The first-order valence-corrected chi connectivity index (χ1v) is 6.92. The molecule has 3 aromatic rings. The van der Waals surface area contributed by atoms with E-state index >= 15 is 0 Å². The van der Waals surface area contributed by atoms with Crippen molar-refractivity contribution in [3.05, 3.63) is 52.4 Å². The number of aromatic nitrogens is 2. The molecule has 0 aliphatic heterocycles. The molecule has 0 atom stereocenters. The van der Waals surface area contributed by atoms with E-state index in [1.54, 1.807) is 25.1 Å². The lowest BCUT2D eigenvalue weighted by Crippen LogP contribution is -2.20. The Kier molecular flexibility index (Phi) is 4.06. The maximum Gasteiger partial charge on any atom is 0.279 e. The van der Waals surface area contributed by atoms with Crippen LogP contribution < -0.4 is 10.1 Å². The van der Waals surface area contributed by atoms with Crippen LogP contribution >= 0.6 is 0 Å². The summed E-state index contributed by atoms with van der Waals surface area (Å²) in [5.41, 5.74) is 0.241. The van der Waals surface area contributed by atoms with Gasteiger partial charge in [0.15, 0.2) is 12.4 Å². The Morgan fingerprint density at radius 1 is 1.42 bits per heavy atom. The zero-order valence-corrected chi connectivity index (χ0v) is 12.6. The van der Waals surface area contributed by atoms with Crippen molar-refractivity contribution in [3.8, 4) is 5.75 Å². The molecule has 0 bridgehead atoms. The van der Waals surface area contributed by atoms with Gasteiger partial charge in [-0.2, -0.15) is 0 Å². The molecule has 0 aliphatic rings. The third-order valence-corrected chi connectivity index (χ3v) is 3.16. The summed E-state index contributed by atoms with van der Waals surface area (Å²) in [6.45, 7) is 1.41. The first kappa shape index (κ1) is 15.4. The predicted molar refractivity (Wildman–Crippen MR) is 83.8 cm³/mol. The molecule has 3 rings (SSSR count). The summed E-state index contributed by atoms with van der Waals surface area (Å²) in [7, 11) is 0. The minimum atomic E-state index is -0.493. The Labute approximate surface area is 135 Å². The van der Waals surface area contributed by atoms with E-state index in [9.17, 15) is 14.9 Å². The number of non-ortho nitro benzene ring substituents is 1. The van der Waals surface area contributed by atoms with Crippen LogP contribution in [0.25, 0.3) is 10.9 Å². The minimum absolute atomic E-state index is 0.0760. The number of hydrogen-bond donors (Lipinski definition) is 1. The minimum Gasteiger partial charge on any atom is -0.481 e. The Morgan fingerprint density at radius 3 is 2.96 bits per heavy atom. The topological polar surface area (TPSA) is 120 Å². The fourth-order valence-corrected chi connectivity index (χ4v) is 2.15. The molecule has 0 aliphatic carbocycles. The van der Waals surface area contributed by atoms with Crippen molar-refractivity contribution < 1.29 is 19.0 Å². The van der Waals surface area contributed by atoms with Crippen molar-refractivity contribution >= 4 is 28.3 Å². The number of nitro benzene ring substituents is 1. The van der Waals surface area contributed by atoms with Crippen LogP contribution in [0.15, 0.2) is 41.1 Å². The van der Waals surface area contributed by atoms with Gasteiger partial charge in [-0.25, -0.2) is 0 Å². The number of nitrogens with zero attached hydrogens (tertiary/aromatic N) is 3. The van der Waals surface area contributed by atoms with Gasteiger partial charge in [-0.3, -0.25) is 19.9 Å². The number of anilines is 1. The van der Waals surface area contributed by atoms with Gasteiger partial charge in [0.1, 0.15) is 17.0 Å². The standard InChI is InChI=1S/C15H12N4O5/c1-9-7-13(18-24-9)17-14(20)8-23-12-5-4-11(19(21)22)10-3-2-6-16-15(10)12/h2-7H,8H2,1H3,(H,17,18,20). The normalized spacial score (nSPS) is 10.5. The van der Waals surface area contributed by atoms with Gasteiger partial charge in [-0.05, 0) is 25.1 Å². The molecule has 1 N–H and O–H groups in total. The lowest BCUT2D eigenvalue weighted by Gasteiger charge is -2.08. The lowest BCUT2D eigenvalue weighted by molar-refractivity contribution is -0.383. The second-order valence-corrected chi connectivity index (χ2v) is 4.90. The van der Waals surface area contributed by atoms with Crippen molar-refractivity contribution in [2.45, 2.75) is 6.92 Å². The number of nitrogens with one attached hydrogen (secondary N) is 1. The summed E-state index contributed by atoms with van der Waals surface area (Å²) < 4.78 is 10.3. The summed E-state index contributed by atoms with van der Waals surface area (Å²) in [5, 5.41) is 17.5. The highest BCUT2D eigenvalue weighted by molar-refractivity contribution is 5.93. The molecule has 24 heavy (non-hydrogen) atoms. The van der Waals surface area contributed by atoms with Crippen LogP contribution in [0.3, 0.4) is 0 Å². The molecule has 2 aromatic heterocycles. The van der Waals surface area contributed by atoms with E-state index in [-0.39, 0.29) is 23.9 Å². The number of pyridine rings is 1. The molecular weight excluding hydrogens is 316 g/mol. The fraction of sp³-hybridized carbons (Fsp3) is 0.133. The number of aryl methyl sites for hydroxylation is 1. The molecule has 9 heteroatoms. The first-order valence-electron chi connectivity index (χ1n) is 6.92. The van der Waals surface area contributed by atoms with Gasteiger partial charge in [0.2, 0.25) is 0 Å². The van der Waals surface area contributed by atoms with Crippen LogP contribution in [-0.2, 0) is 4.79 Å². The van der Waals surface area contributed by atoms with E-state index in [1.165, 1.54) is 18.3 Å². The molecule has 0 unspecified atom stereocenters. The Hall–Kier alpha value is -3.49. The molecule has 0 spiro atoms. The zero-order chi connectivity index (χ0) is 17.1. The van der Waals surface area contributed by atoms with Crippen LogP contribution in [0.4, 0.5) is 11.5 Å². The highest BCUT2D eigenvalue weighted by Crippen LogP contribution is 2.31. The smallest absolute Gasteiger partial charge is 0.279 e. The summed E-state index contributed by atoms with van der Waals surface area (Å²) in [5.74, 6) is 0.693. The van der Waals surface area contributed by atoms with E-state index in [2.05, 4.69) is 15.5 Å². The molecule has 0 fully saturated rings. The third kappa shape index (κ3) is 3.14. The monoisotopic (exact) mass is 328 g/mol. The molecule has 1 aromatic carbocycles. The molecule has 122 valence electrons.